The molecule has 24 heavy (non-hydrogen) atoms. The third-order valence-electron chi connectivity index (χ3n) is 3.38. The predicted molar refractivity (Wildman–Crippen MR) is 80.1 cm³/mol. The first-order valence-electron chi connectivity index (χ1n) is 7.63. The summed E-state index contributed by atoms with van der Waals surface area (Å²) in [6.45, 7) is 3.85. The second-order valence-corrected chi connectivity index (χ2v) is 5.71. The lowest BCUT2D eigenvalue weighted by Crippen LogP contribution is -2.36. The van der Waals surface area contributed by atoms with Crippen molar-refractivity contribution in [3.05, 3.63) is 0 Å². The molecule has 0 radical (unpaired) electrons. The van der Waals surface area contributed by atoms with Crippen molar-refractivity contribution < 1.29 is 33.5 Å². The smallest absolute Gasteiger partial charge is 0.342 e. The predicted octanol–water partition coefficient (Wildman–Crippen LogP) is -0.316. The van der Waals surface area contributed by atoms with Crippen LogP contribution in [0.2, 0.25) is 0 Å². The number of carbonyl (C=O) groups is 5. The fourth-order valence-electron chi connectivity index (χ4n) is 1.72. The van der Waals surface area contributed by atoms with Crippen LogP contribution in [0, 0.1) is 5.92 Å². The normalized spacial score (nSPS) is 14.2. The molecule has 1 aliphatic heterocycles. The van der Waals surface area contributed by atoms with E-state index in [4.69, 9.17) is 4.74 Å². The molecular weight excluding hydrogens is 320 g/mol. The Bertz CT molecular complexity index is 514. The van der Waals surface area contributed by atoms with Gasteiger partial charge in [0.05, 0.1) is 6.61 Å². The Kier molecular flexibility index (Phi) is 7.50. The number of hydrogen-bond acceptors (Lipinski definition) is 7. The molecule has 3 amide bonds. The number of likely N-dealkylation sites (N-methyl/N-ethyl adjacent to an activating group) is 1. The minimum absolute atomic E-state index is 0.00754. The van der Waals surface area contributed by atoms with Gasteiger partial charge in [-0.25, -0.2) is 4.79 Å². The average molecular weight is 342 g/mol. The van der Waals surface area contributed by atoms with Gasteiger partial charge in [-0.1, -0.05) is 13.8 Å². The Morgan fingerprint density at radius 2 is 1.75 bits per heavy atom. The highest BCUT2D eigenvalue weighted by Gasteiger charge is 2.33. The van der Waals surface area contributed by atoms with E-state index in [0.29, 0.717) is 5.06 Å². The van der Waals surface area contributed by atoms with E-state index >= 15 is 0 Å². The van der Waals surface area contributed by atoms with E-state index in [1.54, 1.807) is 13.8 Å². The molecule has 0 aliphatic carbocycles. The largest absolute Gasteiger partial charge is 0.372 e. The summed E-state index contributed by atoms with van der Waals surface area (Å²) >= 11 is 0. The maximum Gasteiger partial charge on any atom is 0.342 e. The quantitative estimate of drug-likeness (QED) is 0.321. The molecule has 0 aromatic rings. The minimum atomic E-state index is -0.980. The van der Waals surface area contributed by atoms with Gasteiger partial charge < -0.3 is 14.5 Å². The van der Waals surface area contributed by atoms with Gasteiger partial charge in [-0.15, -0.1) is 5.06 Å². The SMILES string of the molecule is CC(C)C(=O)COCCN(C)C(=O)CC(=O)ON1C(=O)CCC1=O. The molecular formula is C15H22N2O7. The summed E-state index contributed by atoms with van der Waals surface area (Å²) in [5.41, 5.74) is 0. The zero-order valence-corrected chi connectivity index (χ0v) is 14.1. The van der Waals surface area contributed by atoms with Gasteiger partial charge in [-0.2, -0.15) is 0 Å². The molecule has 1 aliphatic rings. The Morgan fingerprint density at radius 1 is 1.17 bits per heavy atom. The lowest BCUT2D eigenvalue weighted by Gasteiger charge is -2.18. The van der Waals surface area contributed by atoms with Crippen LogP contribution in [0.3, 0.4) is 0 Å². The molecule has 1 rings (SSSR count). The highest BCUT2D eigenvalue weighted by Crippen LogP contribution is 2.12. The van der Waals surface area contributed by atoms with Gasteiger partial charge in [0.2, 0.25) is 5.91 Å². The van der Waals surface area contributed by atoms with Crippen LogP contribution >= 0.6 is 0 Å². The summed E-state index contributed by atoms with van der Waals surface area (Å²) in [5.74, 6) is -2.87. The first kappa shape index (κ1) is 19.8. The maximum absolute atomic E-state index is 11.8. The summed E-state index contributed by atoms with van der Waals surface area (Å²) in [4.78, 5) is 63.3. The summed E-state index contributed by atoms with van der Waals surface area (Å²) in [5, 5.41) is 0.399. The highest BCUT2D eigenvalue weighted by atomic mass is 16.7. The van der Waals surface area contributed by atoms with E-state index < -0.39 is 30.1 Å². The molecule has 0 aromatic heterocycles. The molecule has 1 fully saturated rings. The van der Waals surface area contributed by atoms with Crippen LogP contribution in [-0.2, 0) is 33.5 Å². The summed E-state index contributed by atoms with van der Waals surface area (Å²) in [6.07, 6.45) is -0.614. The summed E-state index contributed by atoms with van der Waals surface area (Å²) < 4.78 is 5.16. The van der Waals surface area contributed by atoms with Crippen molar-refractivity contribution in [1.82, 2.24) is 9.96 Å². The number of nitrogens with zero attached hydrogens (tertiary/aromatic N) is 2. The zero-order valence-electron chi connectivity index (χ0n) is 14.1. The molecule has 0 N–H and O–H groups in total. The Morgan fingerprint density at radius 3 is 2.29 bits per heavy atom. The molecule has 0 unspecified atom stereocenters. The van der Waals surface area contributed by atoms with Gasteiger partial charge in [0.25, 0.3) is 11.8 Å². The van der Waals surface area contributed by atoms with Gasteiger partial charge in [-0.3, -0.25) is 19.2 Å². The number of imide groups is 1. The first-order valence-corrected chi connectivity index (χ1v) is 7.63. The van der Waals surface area contributed by atoms with E-state index in [1.165, 1.54) is 11.9 Å². The Hall–Kier alpha value is -2.29. The van der Waals surface area contributed by atoms with Crippen molar-refractivity contribution in [2.45, 2.75) is 33.1 Å². The first-order chi connectivity index (χ1) is 11.2. The van der Waals surface area contributed by atoms with Crippen molar-refractivity contribution in [2.24, 2.45) is 5.92 Å². The standard InChI is InChI=1S/C15H22N2O7/c1-10(2)11(18)9-23-7-6-16(3)14(21)8-15(22)24-17-12(19)4-5-13(17)20/h10H,4-9H2,1-3H3. The Balaban J connectivity index is 2.28. The number of ketones is 1. The van der Waals surface area contributed by atoms with Crippen molar-refractivity contribution in [3.63, 3.8) is 0 Å². The molecule has 0 bridgehead atoms. The number of rotatable bonds is 9. The van der Waals surface area contributed by atoms with E-state index in [2.05, 4.69) is 4.84 Å². The van der Waals surface area contributed by atoms with Crippen LogP contribution in [-0.4, -0.2) is 66.2 Å². The van der Waals surface area contributed by atoms with Crippen molar-refractivity contribution in [2.75, 3.05) is 26.8 Å². The van der Waals surface area contributed by atoms with Crippen molar-refractivity contribution in [3.8, 4) is 0 Å². The average Bonchev–Trinajstić information content (AvgIpc) is 2.82. The van der Waals surface area contributed by atoms with E-state index in [1.807, 2.05) is 0 Å². The highest BCUT2D eigenvalue weighted by molar-refractivity contribution is 6.02. The molecule has 9 nitrogen and oxygen atoms in total. The number of hydroxylamine groups is 2. The number of ether oxygens (including phenoxy) is 1. The molecule has 134 valence electrons. The molecule has 0 spiro atoms. The maximum atomic E-state index is 11.8. The molecule has 0 atom stereocenters. The van der Waals surface area contributed by atoms with Gasteiger partial charge >= 0.3 is 5.97 Å². The molecule has 1 saturated heterocycles. The number of carbonyl (C=O) groups excluding carboxylic acids is 5. The zero-order chi connectivity index (χ0) is 18.3. The van der Waals surface area contributed by atoms with Gasteiger partial charge in [0, 0.05) is 32.4 Å². The summed E-state index contributed by atoms with van der Waals surface area (Å²) in [7, 11) is 1.47. The number of amides is 3. The lowest BCUT2D eigenvalue weighted by molar-refractivity contribution is -0.198. The fraction of sp³-hybridized carbons (Fsp3) is 0.667. The van der Waals surface area contributed by atoms with E-state index in [9.17, 15) is 24.0 Å². The Labute approximate surface area is 139 Å². The number of Topliss-reactive ketones (excluding diaryl/α,β-unsaturated/α-hetero) is 1. The van der Waals surface area contributed by atoms with Crippen LogP contribution in [0.25, 0.3) is 0 Å². The van der Waals surface area contributed by atoms with Crippen LogP contribution in [0.4, 0.5) is 0 Å². The van der Waals surface area contributed by atoms with Gasteiger partial charge in [0.1, 0.15) is 13.0 Å². The van der Waals surface area contributed by atoms with E-state index in [-0.39, 0.29) is 44.3 Å². The van der Waals surface area contributed by atoms with Gasteiger partial charge in [-0.05, 0) is 0 Å². The molecule has 1 heterocycles. The molecule has 0 aromatic carbocycles. The molecule has 0 saturated carbocycles. The van der Waals surface area contributed by atoms with Gasteiger partial charge in [0.15, 0.2) is 5.78 Å². The van der Waals surface area contributed by atoms with Crippen LogP contribution in [0.5, 0.6) is 0 Å². The topological polar surface area (TPSA) is 110 Å². The summed E-state index contributed by atoms with van der Waals surface area (Å²) in [6, 6.07) is 0. The van der Waals surface area contributed by atoms with Crippen LogP contribution in [0.1, 0.15) is 33.1 Å². The molecule has 9 heteroatoms. The minimum Gasteiger partial charge on any atom is -0.372 e. The van der Waals surface area contributed by atoms with Crippen LogP contribution < -0.4 is 0 Å². The van der Waals surface area contributed by atoms with Crippen molar-refractivity contribution in [1.29, 1.82) is 0 Å². The monoisotopic (exact) mass is 342 g/mol. The second-order valence-electron chi connectivity index (χ2n) is 5.71. The van der Waals surface area contributed by atoms with Crippen molar-refractivity contribution >= 4 is 29.5 Å². The third kappa shape index (κ3) is 6.07. The van der Waals surface area contributed by atoms with E-state index in [0.717, 1.165) is 0 Å². The lowest BCUT2D eigenvalue weighted by atomic mass is 10.1. The second kappa shape index (κ2) is 9.11. The fourth-order valence-corrected chi connectivity index (χ4v) is 1.72. The number of hydrogen-bond donors (Lipinski definition) is 0. The third-order valence-corrected chi connectivity index (χ3v) is 3.38. The van der Waals surface area contributed by atoms with Crippen LogP contribution in [0.15, 0.2) is 0 Å².